The lowest BCUT2D eigenvalue weighted by molar-refractivity contribution is 0.912. The van der Waals surface area contributed by atoms with Gasteiger partial charge in [0, 0.05) is 19.3 Å². The molecule has 0 radical (unpaired) electrons. The number of nitrogens with one attached hydrogen (secondary N) is 2. The van der Waals surface area contributed by atoms with Gasteiger partial charge < -0.3 is 5.43 Å². The summed E-state index contributed by atoms with van der Waals surface area (Å²) in [5, 5.41) is 0.769. The van der Waals surface area contributed by atoms with E-state index in [9.17, 15) is 0 Å². The fourth-order valence-corrected chi connectivity index (χ4v) is 0.993. The molecule has 1 heterocycles. The Hall–Kier alpha value is -0.810. The second kappa shape index (κ2) is 4.15. The first-order valence-corrected chi connectivity index (χ1v) is 4.39. The highest BCUT2D eigenvalue weighted by atomic mass is 32.2. The van der Waals surface area contributed by atoms with E-state index >= 15 is 0 Å². The van der Waals surface area contributed by atoms with Crippen molar-refractivity contribution in [2.75, 3.05) is 18.7 Å². The molecule has 0 fully saturated rings. The highest BCUT2D eigenvalue weighted by Gasteiger charge is 1.94. The molecule has 0 spiro atoms. The molecule has 0 atom stereocenters. The van der Waals surface area contributed by atoms with E-state index in [1.807, 2.05) is 6.26 Å². The van der Waals surface area contributed by atoms with Crippen LogP contribution in [-0.4, -0.2) is 23.3 Å². The van der Waals surface area contributed by atoms with Crippen molar-refractivity contribution in [3.8, 4) is 0 Å². The summed E-state index contributed by atoms with van der Waals surface area (Å²) >= 11 is 1.52. The van der Waals surface area contributed by atoms with Gasteiger partial charge in [0.2, 0.25) is 0 Å². The van der Waals surface area contributed by atoms with E-state index in [1.165, 1.54) is 11.8 Å². The third kappa shape index (κ3) is 2.36. The van der Waals surface area contributed by atoms with Gasteiger partial charge >= 0.3 is 0 Å². The maximum absolute atomic E-state index is 4.16. The number of hydrazine groups is 1. The van der Waals surface area contributed by atoms with E-state index in [4.69, 9.17) is 0 Å². The van der Waals surface area contributed by atoms with Crippen molar-refractivity contribution in [2.24, 2.45) is 0 Å². The number of thioether (sulfide) groups is 1. The largest absolute Gasteiger partial charge is 0.306 e. The van der Waals surface area contributed by atoms with Crippen LogP contribution in [0.25, 0.3) is 0 Å². The van der Waals surface area contributed by atoms with E-state index in [2.05, 4.69) is 20.8 Å². The molecule has 0 aliphatic heterocycles. The normalized spacial score (nSPS) is 9.64. The van der Waals surface area contributed by atoms with E-state index in [-0.39, 0.29) is 0 Å². The zero-order valence-corrected chi connectivity index (χ0v) is 7.27. The van der Waals surface area contributed by atoms with Crippen molar-refractivity contribution < 1.29 is 0 Å². The summed E-state index contributed by atoms with van der Waals surface area (Å²) in [6, 6.07) is 1.80. The molecule has 0 saturated heterocycles. The SMILES string of the molecule is CNNc1ccnc(SC)n1. The molecular weight excluding hydrogens is 160 g/mol. The minimum Gasteiger partial charge on any atom is -0.306 e. The molecule has 0 aromatic carbocycles. The van der Waals surface area contributed by atoms with Gasteiger partial charge in [-0.25, -0.2) is 15.4 Å². The second-order valence-electron chi connectivity index (χ2n) is 1.80. The number of nitrogens with zero attached hydrogens (tertiary/aromatic N) is 2. The smallest absolute Gasteiger partial charge is 0.189 e. The van der Waals surface area contributed by atoms with E-state index in [0.29, 0.717) is 0 Å². The van der Waals surface area contributed by atoms with Crippen LogP contribution in [0.15, 0.2) is 17.4 Å². The fraction of sp³-hybridized carbons (Fsp3) is 0.333. The molecule has 2 N–H and O–H groups in total. The first-order valence-electron chi connectivity index (χ1n) is 3.16. The monoisotopic (exact) mass is 170 g/mol. The molecule has 5 heteroatoms. The van der Waals surface area contributed by atoms with Crippen LogP contribution in [0.5, 0.6) is 0 Å². The Morgan fingerprint density at radius 3 is 3.00 bits per heavy atom. The molecule has 0 saturated carbocycles. The molecule has 0 amide bonds. The van der Waals surface area contributed by atoms with Gasteiger partial charge in [0.15, 0.2) is 5.16 Å². The minimum absolute atomic E-state index is 0.769. The van der Waals surface area contributed by atoms with Crippen molar-refractivity contribution in [2.45, 2.75) is 5.16 Å². The number of hydrogen-bond donors (Lipinski definition) is 2. The Balaban J connectivity index is 2.74. The van der Waals surface area contributed by atoms with Crippen molar-refractivity contribution in [1.29, 1.82) is 0 Å². The van der Waals surface area contributed by atoms with E-state index < -0.39 is 0 Å². The van der Waals surface area contributed by atoms with Crippen LogP contribution >= 0.6 is 11.8 Å². The molecule has 1 aromatic rings. The molecule has 0 aliphatic carbocycles. The number of hydrogen-bond acceptors (Lipinski definition) is 5. The topological polar surface area (TPSA) is 49.8 Å². The summed E-state index contributed by atoms with van der Waals surface area (Å²) in [5.74, 6) is 0.784. The summed E-state index contributed by atoms with van der Waals surface area (Å²) in [4.78, 5) is 8.18. The van der Waals surface area contributed by atoms with Gasteiger partial charge in [0.05, 0.1) is 0 Å². The third-order valence-electron chi connectivity index (χ3n) is 1.07. The summed E-state index contributed by atoms with van der Waals surface area (Å²) in [6.07, 6.45) is 3.66. The summed E-state index contributed by atoms with van der Waals surface area (Å²) < 4.78 is 0. The van der Waals surface area contributed by atoms with Crippen LogP contribution in [0.2, 0.25) is 0 Å². The summed E-state index contributed by atoms with van der Waals surface area (Å²) in [5.41, 5.74) is 5.65. The first-order chi connectivity index (χ1) is 5.36. The second-order valence-corrected chi connectivity index (χ2v) is 2.58. The Bertz CT molecular complexity index is 228. The number of anilines is 1. The molecule has 4 nitrogen and oxygen atoms in total. The van der Waals surface area contributed by atoms with Gasteiger partial charge in [0.1, 0.15) is 5.82 Å². The number of rotatable bonds is 3. The van der Waals surface area contributed by atoms with Crippen LogP contribution in [0.1, 0.15) is 0 Å². The van der Waals surface area contributed by atoms with Crippen LogP contribution in [0.3, 0.4) is 0 Å². The summed E-state index contributed by atoms with van der Waals surface area (Å²) in [7, 11) is 1.79. The first kappa shape index (κ1) is 8.29. The maximum atomic E-state index is 4.16. The standard InChI is InChI=1S/C6H10N4S/c1-7-10-5-3-4-8-6(9-5)11-2/h3-4,7H,1-2H3,(H,8,9,10). The van der Waals surface area contributed by atoms with Gasteiger partial charge in [-0.3, -0.25) is 0 Å². The van der Waals surface area contributed by atoms with E-state index in [0.717, 1.165) is 11.0 Å². The average molecular weight is 170 g/mol. The molecule has 0 unspecified atom stereocenters. The third-order valence-corrected chi connectivity index (χ3v) is 1.63. The Kier molecular flexibility index (Phi) is 3.13. The molecule has 0 aliphatic rings. The maximum Gasteiger partial charge on any atom is 0.189 e. The summed E-state index contributed by atoms with van der Waals surface area (Å²) in [6.45, 7) is 0. The highest BCUT2D eigenvalue weighted by molar-refractivity contribution is 7.98. The van der Waals surface area contributed by atoms with Crippen molar-refractivity contribution in [3.63, 3.8) is 0 Å². The van der Waals surface area contributed by atoms with Crippen molar-refractivity contribution in [3.05, 3.63) is 12.3 Å². The van der Waals surface area contributed by atoms with Crippen LogP contribution in [0.4, 0.5) is 5.82 Å². The fourth-order valence-electron chi connectivity index (χ4n) is 0.637. The van der Waals surface area contributed by atoms with Gasteiger partial charge in [-0.2, -0.15) is 0 Å². The molecular formula is C6H10N4S. The zero-order chi connectivity index (χ0) is 8.10. The predicted molar refractivity (Wildman–Crippen MR) is 46.5 cm³/mol. The lowest BCUT2D eigenvalue weighted by Gasteiger charge is -2.02. The highest BCUT2D eigenvalue weighted by Crippen LogP contribution is 2.09. The minimum atomic E-state index is 0.769. The van der Waals surface area contributed by atoms with Crippen LogP contribution < -0.4 is 10.9 Å². The van der Waals surface area contributed by atoms with Crippen molar-refractivity contribution >= 4 is 17.6 Å². The average Bonchev–Trinajstić information content (AvgIpc) is 2.06. The van der Waals surface area contributed by atoms with Gasteiger partial charge in [-0.15, -0.1) is 0 Å². The van der Waals surface area contributed by atoms with Gasteiger partial charge in [0.25, 0.3) is 0 Å². The molecule has 1 aromatic heterocycles. The molecule has 60 valence electrons. The number of aromatic nitrogens is 2. The van der Waals surface area contributed by atoms with E-state index in [1.54, 1.807) is 19.3 Å². The Morgan fingerprint density at radius 1 is 1.55 bits per heavy atom. The molecule has 0 bridgehead atoms. The van der Waals surface area contributed by atoms with Crippen molar-refractivity contribution in [1.82, 2.24) is 15.4 Å². The van der Waals surface area contributed by atoms with Gasteiger partial charge in [-0.05, 0) is 6.26 Å². The lowest BCUT2D eigenvalue weighted by atomic mass is 10.6. The Morgan fingerprint density at radius 2 is 2.36 bits per heavy atom. The lowest BCUT2D eigenvalue weighted by Crippen LogP contribution is -2.16. The van der Waals surface area contributed by atoms with Gasteiger partial charge in [-0.1, -0.05) is 11.8 Å². The predicted octanol–water partition coefficient (Wildman–Crippen LogP) is 0.745. The van der Waals surface area contributed by atoms with Crippen LogP contribution in [-0.2, 0) is 0 Å². The van der Waals surface area contributed by atoms with Crippen LogP contribution in [0, 0.1) is 0 Å². The molecule has 1 rings (SSSR count). The Labute approximate surface area is 69.8 Å². The quantitative estimate of drug-likeness (QED) is 0.398. The zero-order valence-electron chi connectivity index (χ0n) is 6.46. The molecule has 11 heavy (non-hydrogen) atoms.